The molecule has 150 valence electrons. The molecular formula is C23H26N4O2. The third-order valence-electron chi connectivity index (χ3n) is 4.65. The molecule has 6 heteroatoms. The number of hydrogen-bond acceptors (Lipinski definition) is 5. The van der Waals surface area contributed by atoms with Crippen molar-refractivity contribution in [1.29, 1.82) is 0 Å². The van der Waals surface area contributed by atoms with Gasteiger partial charge in [-0.1, -0.05) is 24.3 Å². The molecule has 1 N–H and O–H groups in total. The highest BCUT2D eigenvalue weighted by molar-refractivity contribution is 5.93. The topological polar surface area (TPSA) is 67.4 Å². The number of benzene rings is 2. The molecule has 6 nitrogen and oxygen atoms in total. The summed E-state index contributed by atoms with van der Waals surface area (Å²) in [5.41, 5.74) is 3.70. The number of carbonyl (C=O) groups is 1. The van der Waals surface area contributed by atoms with Gasteiger partial charge in [0, 0.05) is 24.8 Å². The predicted octanol–water partition coefficient (Wildman–Crippen LogP) is 3.92. The van der Waals surface area contributed by atoms with Gasteiger partial charge in [-0.3, -0.25) is 4.79 Å². The first-order chi connectivity index (χ1) is 14.1. The van der Waals surface area contributed by atoms with Crippen LogP contribution in [0.15, 0.2) is 60.9 Å². The lowest BCUT2D eigenvalue weighted by molar-refractivity contribution is 0.0949. The lowest BCUT2D eigenvalue weighted by atomic mass is 10.1. The van der Waals surface area contributed by atoms with Gasteiger partial charge in [0.2, 0.25) is 0 Å². The summed E-state index contributed by atoms with van der Waals surface area (Å²) in [6.45, 7) is 5.37. The number of aromatic nitrogens is 2. The van der Waals surface area contributed by atoms with Gasteiger partial charge in [-0.25, -0.2) is 9.97 Å². The third-order valence-corrected chi connectivity index (χ3v) is 4.65. The Morgan fingerprint density at radius 2 is 1.90 bits per heavy atom. The van der Waals surface area contributed by atoms with Crippen LogP contribution in [0.25, 0.3) is 0 Å². The fraction of sp³-hybridized carbons (Fsp3) is 0.261. The number of methoxy groups -OCH3 is 1. The van der Waals surface area contributed by atoms with Crippen molar-refractivity contribution in [2.45, 2.75) is 20.3 Å². The lowest BCUT2D eigenvalue weighted by Crippen LogP contribution is -2.27. The second-order valence-electron chi connectivity index (χ2n) is 6.70. The highest BCUT2D eigenvalue weighted by Crippen LogP contribution is 2.24. The molecule has 0 fully saturated rings. The van der Waals surface area contributed by atoms with Crippen LogP contribution in [0.2, 0.25) is 0 Å². The summed E-state index contributed by atoms with van der Waals surface area (Å²) in [7, 11) is 1.64. The molecule has 0 aliphatic carbocycles. The molecule has 0 aliphatic rings. The predicted molar refractivity (Wildman–Crippen MR) is 115 cm³/mol. The molecule has 1 amide bonds. The molecule has 0 bridgehead atoms. The standard InChI is InChI=1S/C23H26N4O2/c1-4-27(19-7-5-6-17(2)14-19)22-15-21(25-16-26-22)23(28)24-13-12-18-8-10-20(29-3)11-9-18/h5-11,14-16H,4,12-13H2,1-3H3,(H,24,28). The summed E-state index contributed by atoms with van der Waals surface area (Å²) in [5, 5.41) is 2.93. The first-order valence-electron chi connectivity index (χ1n) is 9.68. The molecule has 1 heterocycles. The Bertz CT molecular complexity index is 957. The van der Waals surface area contributed by atoms with Crippen LogP contribution in [0.4, 0.5) is 11.5 Å². The molecular weight excluding hydrogens is 364 g/mol. The Balaban J connectivity index is 1.65. The summed E-state index contributed by atoms with van der Waals surface area (Å²) in [5.74, 6) is 1.32. The number of ether oxygens (including phenoxy) is 1. The minimum absolute atomic E-state index is 0.206. The second kappa shape index (κ2) is 9.68. The van der Waals surface area contributed by atoms with E-state index in [1.165, 1.54) is 11.9 Å². The first kappa shape index (κ1) is 20.3. The SMILES string of the molecule is CCN(c1cccc(C)c1)c1cc(C(=O)NCCc2ccc(OC)cc2)ncn1. The molecule has 3 rings (SSSR count). The van der Waals surface area contributed by atoms with Crippen molar-refractivity contribution in [3.63, 3.8) is 0 Å². The fourth-order valence-electron chi connectivity index (χ4n) is 3.09. The van der Waals surface area contributed by atoms with Crippen molar-refractivity contribution in [2.75, 3.05) is 25.1 Å². The monoisotopic (exact) mass is 390 g/mol. The fourth-order valence-corrected chi connectivity index (χ4v) is 3.09. The van der Waals surface area contributed by atoms with E-state index in [4.69, 9.17) is 4.74 Å². The average molecular weight is 390 g/mol. The summed E-state index contributed by atoms with van der Waals surface area (Å²) in [4.78, 5) is 23.1. The van der Waals surface area contributed by atoms with Gasteiger partial charge in [-0.2, -0.15) is 0 Å². The van der Waals surface area contributed by atoms with E-state index < -0.39 is 0 Å². The Morgan fingerprint density at radius 3 is 2.59 bits per heavy atom. The number of hydrogen-bond donors (Lipinski definition) is 1. The van der Waals surface area contributed by atoms with E-state index in [9.17, 15) is 4.79 Å². The molecule has 0 saturated heterocycles. The molecule has 2 aromatic carbocycles. The van der Waals surface area contributed by atoms with Crippen molar-refractivity contribution >= 4 is 17.4 Å². The van der Waals surface area contributed by atoms with Gasteiger partial charge in [0.15, 0.2) is 0 Å². The quantitative estimate of drug-likeness (QED) is 0.631. The third kappa shape index (κ3) is 5.31. The highest BCUT2D eigenvalue weighted by Gasteiger charge is 2.13. The number of nitrogens with zero attached hydrogens (tertiary/aromatic N) is 3. The van der Waals surface area contributed by atoms with E-state index >= 15 is 0 Å². The van der Waals surface area contributed by atoms with E-state index in [0.717, 1.165) is 30.0 Å². The molecule has 0 atom stereocenters. The largest absolute Gasteiger partial charge is 0.497 e. The van der Waals surface area contributed by atoms with Crippen molar-refractivity contribution in [2.24, 2.45) is 0 Å². The maximum atomic E-state index is 12.5. The molecule has 29 heavy (non-hydrogen) atoms. The summed E-state index contributed by atoms with van der Waals surface area (Å²) in [6.07, 6.45) is 2.17. The Hall–Kier alpha value is -3.41. The van der Waals surface area contributed by atoms with Crippen LogP contribution in [-0.4, -0.2) is 36.1 Å². The van der Waals surface area contributed by atoms with Crippen molar-refractivity contribution in [3.05, 3.63) is 77.7 Å². The van der Waals surface area contributed by atoms with Gasteiger partial charge >= 0.3 is 0 Å². The molecule has 0 saturated carbocycles. The van der Waals surface area contributed by atoms with Crippen LogP contribution >= 0.6 is 0 Å². The maximum Gasteiger partial charge on any atom is 0.270 e. The molecule has 3 aromatic rings. The van der Waals surface area contributed by atoms with Gasteiger partial charge in [0.1, 0.15) is 23.6 Å². The van der Waals surface area contributed by atoms with Gasteiger partial charge in [-0.05, 0) is 55.7 Å². The minimum Gasteiger partial charge on any atom is -0.497 e. The Labute approximate surface area is 171 Å². The van der Waals surface area contributed by atoms with Gasteiger partial charge in [0.25, 0.3) is 5.91 Å². The highest BCUT2D eigenvalue weighted by atomic mass is 16.5. The Morgan fingerprint density at radius 1 is 1.10 bits per heavy atom. The zero-order chi connectivity index (χ0) is 20.6. The number of aryl methyl sites for hydroxylation is 1. The average Bonchev–Trinajstić information content (AvgIpc) is 2.75. The summed E-state index contributed by atoms with van der Waals surface area (Å²) >= 11 is 0. The molecule has 0 aliphatic heterocycles. The van der Waals surface area contributed by atoms with Gasteiger partial charge in [0.05, 0.1) is 7.11 Å². The number of nitrogens with one attached hydrogen (secondary N) is 1. The number of anilines is 2. The van der Waals surface area contributed by atoms with Crippen molar-refractivity contribution in [1.82, 2.24) is 15.3 Å². The van der Waals surface area contributed by atoms with Crippen LogP contribution in [0.3, 0.4) is 0 Å². The molecule has 0 unspecified atom stereocenters. The van der Waals surface area contributed by atoms with Gasteiger partial charge in [-0.15, -0.1) is 0 Å². The summed E-state index contributed by atoms with van der Waals surface area (Å²) in [6, 6.07) is 17.8. The number of carbonyl (C=O) groups excluding carboxylic acids is 1. The van der Waals surface area contributed by atoms with E-state index in [0.29, 0.717) is 18.1 Å². The second-order valence-corrected chi connectivity index (χ2v) is 6.70. The van der Waals surface area contributed by atoms with E-state index in [2.05, 4.69) is 46.2 Å². The van der Waals surface area contributed by atoms with E-state index in [1.54, 1.807) is 13.2 Å². The normalized spacial score (nSPS) is 10.4. The molecule has 1 aromatic heterocycles. The minimum atomic E-state index is -0.206. The smallest absolute Gasteiger partial charge is 0.270 e. The van der Waals surface area contributed by atoms with Crippen molar-refractivity contribution in [3.8, 4) is 5.75 Å². The van der Waals surface area contributed by atoms with Crippen LogP contribution in [0.5, 0.6) is 5.75 Å². The first-order valence-corrected chi connectivity index (χ1v) is 9.68. The Kier molecular flexibility index (Phi) is 6.79. The van der Waals surface area contributed by atoms with Gasteiger partial charge < -0.3 is 15.0 Å². The van der Waals surface area contributed by atoms with Crippen LogP contribution in [0.1, 0.15) is 28.5 Å². The van der Waals surface area contributed by atoms with E-state index in [1.807, 2.05) is 36.4 Å². The van der Waals surface area contributed by atoms with E-state index in [-0.39, 0.29) is 5.91 Å². The summed E-state index contributed by atoms with van der Waals surface area (Å²) < 4.78 is 5.16. The molecule has 0 radical (unpaired) electrons. The lowest BCUT2D eigenvalue weighted by Gasteiger charge is -2.22. The maximum absolute atomic E-state index is 12.5. The zero-order valence-corrected chi connectivity index (χ0v) is 17.1. The van der Waals surface area contributed by atoms with Crippen LogP contribution in [0, 0.1) is 6.92 Å². The number of amides is 1. The van der Waals surface area contributed by atoms with Crippen molar-refractivity contribution < 1.29 is 9.53 Å². The van der Waals surface area contributed by atoms with Crippen LogP contribution in [-0.2, 0) is 6.42 Å². The van der Waals surface area contributed by atoms with Crippen LogP contribution < -0.4 is 15.0 Å². The number of rotatable bonds is 8. The zero-order valence-electron chi connectivity index (χ0n) is 17.1. The molecule has 0 spiro atoms.